The summed E-state index contributed by atoms with van der Waals surface area (Å²) in [5.74, 6) is -1.23. The molecular formula is C21H20N4O3S. The SMILES string of the molecule is Cc1cccc(-n2ccc(=O)c(C(=O)Nc3sc4c(c3C(N)=O)CCCC4)n2)c1. The number of carbonyl (C=O) groups excluding carboxylic acids is 2. The number of rotatable bonds is 4. The minimum Gasteiger partial charge on any atom is -0.365 e. The fourth-order valence-electron chi connectivity index (χ4n) is 3.56. The molecule has 1 aliphatic carbocycles. The summed E-state index contributed by atoms with van der Waals surface area (Å²) in [5, 5.41) is 7.31. The zero-order chi connectivity index (χ0) is 20.5. The van der Waals surface area contributed by atoms with Gasteiger partial charge in [-0.1, -0.05) is 12.1 Å². The van der Waals surface area contributed by atoms with Crippen molar-refractivity contribution < 1.29 is 9.59 Å². The number of fused-ring (bicyclic) bond motifs is 1. The number of amides is 2. The van der Waals surface area contributed by atoms with Gasteiger partial charge in [-0.05, 0) is 55.9 Å². The van der Waals surface area contributed by atoms with Gasteiger partial charge < -0.3 is 11.1 Å². The number of aromatic nitrogens is 2. The van der Waals surface area contributed by atoms with E-state index in [0.29, 0.717) is 10.6 Å². The average Bonchev–Trinajstić information content (AvgIpc) is 3.06. The fourth-order valence-corrected chi connectivity index (χ4v) is 4.85. The van der Waals surface area contributed by atoms with Gasteiger partial charge in [0.15, 0.2) is 5.69 Å². The zero-order valence-corrected chi connectivity index (χ0v) is 16.7. The van der Waals surface area contributed by atoms with E-state index in [4.69, 9.17) is 5.73 Å². The molecule has 0 spiro atoms. The van der Waals surface area contributed by atoms with E-state index in [1.165, 1.54) is 28.3 Å². The molecule has 2 aromatic heterocycles. The van der Waals surface area contributed by atoms with Crippen LogP contribution >= 0.6 is 11.3 Å². The number of nitrogens with two attached hydrogens (primary N) is 1. The molecule has 1 aliphatic rings. The highest BCUT2D eigenvalue weighted by Crippen LogP contribution is 2.37. The largest absolute Gasteiger partial charge is 0.365 e. The van der Waals surface area contributed by atoms with E-state index >= 15 is 0 Å². The van der Waals surface area contributed by atoms with E-state index < -0.39 is 17.2 Å². The molecule has 8 heteroatoms. The van der Waals surface area contributed by atoms with Crippen LogP contribution in [0.2, 0.25) is 0 Å². The maximum absolute atomic E-state index is 12.8. The van der Waals surface area contributed by atoms with Crippen LogP contribution < -0.4 is 16.5 Å². The quantitative estimate of drug-likeness (QED) is 0.692. The molecule has 3 N–H and O–H groups in total. The first-order valence-electron chi connectivity index (χ1n) is 9.37. The molecule has 0 saturated heterocycles. The van der Waals surface area contributed by atoms with Crippen molar-refractivity contribution in [3.8, 4) is 5.69 Å². The minimum absolute atomic E-state index is 0.240. The molecule has 29 heavy (non-hydrogen) atoms. The number of thiophene rings is 1. The molecule has 3 aromatic rings. The van der Waals surface area contributed by atoms with Crippen molar-refractivity contribution in [1.29, 1.82) is 0 Å². The highest BCUT2D eigenvalue weighted by Gasteiger charge is 2.26. The van der Waals surface area contributed by atoms with Gasteiger partial charge >= 0.3 is 0 Å². The number of benzene rings is 1. The van der Waals surface area contributed by atoms with E-state index in [1.54, 1.807) is 0 Å². The minimum atomic E-state index is -0.655. The molecule has 0 aliphatic heterocycles. The Hall–Kier alpha value is -3.26. The molecule has 4 rings (SSSR count). The highest BCUT2D eigenvalue weighted by molar-refractivity contribution is 7.17. The lowest BCUT2D eigenvalue weighted by atomic mass is 9.95. The van der Waals surface area contributed by atoms with Gasteiger partial charge in [-0.2, -0.15) is 5.10 Å². The van der Waals surface area contributed by atoms with Crippen LogP contribution in [0.1, 0.15) is 49.7 Å². The van der Waals surface area contributed by atoms with Gasteiger partial charge in [0, 0.05) is 17.1 Å². The molecule has 1 aromatic carbocycles. The monoisotopic (exact) mass is 408 g/mol. The second-order valence-corrected chi connectivity index (χ2v) is 8.15. The number of carbonyl (C=O) groups is 2. The number of nitrogens with one attached hydrogen (secondary N) is 1. The Labute approximate surface area is 171 Å². The third-order valence-electron chi connectivity index (χ3n) is 4.93. The Morgan fingerprint density at radius 1 is 1.21 bits per heavy atom. The Balaban J connectivity index is 1.69. The van der Waals surface area contributed by atoms with Gasteiger partial charge in [-0.15, -0.1) is 11.3 Å². The molecule has 0 atom stereocenters. The molecular weight excluding hydrogens is 388 g/mol. The maximum Gasteiger partial charge on any atom is 0.280 e. The third-order valence-corrected chi connectivity index (χ3v) is 6.14. The van der Waals surface area contributed by atoms with Crippen LogP contribution in [-0.2, 0) is 12.8 Å². The summed E-state index contributed by atoms with van der Waals surface area (Å²) in [7, 11) is 0. The maximum atomic E-state index is 12.8. The smallest absolute Gasteiger partial charge is 0.280 e. The first-order chi connectivity index (χ1) is 13.9. The van der Waals surface area contributed by atoms with Gasteiger partial charge in [0.05, 0.1) is 11.3 Å². The van der Waals surface area contributed by atoms with Crippen LogP contribution in [0.25, 0.3) is 5.69 Å². The second kappa shape index (κ2) is 7.63. The highest BCUT2D eigenvalue weighted by atomic mass is 32.1. The van der Waals surface area contributed by atoms with Crippen molar-refractivity contribution >= 4 is 28.2 Å². The number of hydrogen-bond acceptors (Lipinski definition) is 5. The first kappa shape index (κ1) is 19.1. The lowest BCUT2D eigenvalue weighted by Crippen LogP contribution is -2.26. The third kappa shape index (κ3) is 3.71. The predicted molar refractivity (Wildman–Crippen MR) is 112 cm³/mol. The van der Waals surface area contributed by atoms with Crippen molar-refractivity contribution in [2.24, 2.45) is 5.73 Å². The lowest BCUT2D eigenvalue weighted by Gasteiger charge is -2.11. The Morgan fingerprint density at radius 3 is 2.76 bits per heavy atom. The molecule has 7 nitrogen and oxygen atoms in total. The molecule has 0 bridgehead atoms. The van der Waals surface area contributed by atoms with E-state index in [2.05, 4.69) is 10.4 Å². The molecule has 0 radical (unpaired) electrons. The summed E-state index contributed by atoms with van der Waals surface area (Å²) < 4.78 is 1.48. The van der Waals surface area contributed by atoms with Gasteiger partial charge in [0.2, 0.25) is 5.43 Å². The molecule has 0 saturated carbocycles. The van der Waals surface area contributed by atoms with E-state index in [9.17, 15) is 14.4 Å². The summed E-state index contributed by atoms with van der Waals surface area (Å²) in [6.07, 6.45) is 5.18. The first-order valence-corrected chi connectivity index (χ1v) is 10.2. The Kier molecular flexibility index (Phi) is 5.02. The van der Waals surface area contributed by atoms with Gasteiger partial charge in [0.25, 0.3) is 11.8 Å². The Bertz CT molecular complexity index is 1180. The summed E-state index contributed by atoms with van der Waals surface area (Å²) in [4.78, 5) is 38.2. The van der Waals surface area contributed by atoms with E-state index in [0.717, 1.165) is 47.4 Å². The molecule has 0 unspecified atom stereocenters. The van der Waals surface area contributed by atoms with Crippen LogP contribution in [-0.4, -0.2) is 21.6 Å². The number of hydrogen-bond donors (Lipinski definition) is 2. The van der Waals surface area contributed by atoms with Crippen molar-refractivity contribution in [2.75, 3.05) is 5.32 Å². The van der Waals surface area contributed by atoms with Crippen LogP contribution in [0.4, 0.5) is 5.00 Å². The van der Waals surface area contributed by atoms with Crippen molar-refractivity contribution in [3.63, 3.8) is 0 Å². The molecule has 0 fully saturated rings. The summed E-state index contributed by atoms with van der Waals surface area (Å²) >= 11 is 1.35. The Morgan fingerprint density at radius 2 is 2.00 bits per heavy atom. The molecule has 148 valence electrons. The predicted octanol–water partition coefficient (Wildman–Crippen LogP) is 2.83. The van der Waals surface area contributed by atoms with E-state index in [-0.39, 0.29) is 5.69 Å². The number of aryl methyl sites for hydroxylation is 2. The number of nitrogens with zero attached hydrogens (tertiary/aromatic N) is 2. The molecule has 2 amide bonds. The normalized spacial score (nSPS) is 13.0. The number of primary amides is 1. The lowest BCUT2D eigenvalue weighted by molar-refractivity contribution is 0.100. The second-order valence-electron chi connectivity index (χ2n) is 7.05. The van der Waals surface area contributed by atoms with Crippen molar-refractivity contribution in [2.45, 2.75) is 32.6 Å². The standard InChI is InChI=1S/C21H20N4O3S/c1-12-5-4-6-13(11-12)25-10-9-15(26)18(24-25)20(28)23-21-17(19(22)27)14-7-2-3-8-16(14)29-21/h4-6,9-11H,2-3,7-8H2,1H3,(H2,22,27)(H,23,28). The van der Waals surface area contributed by atoms with E-state index in [1.807, 2.05) is 31.2 Å². The van der Waals surface area contributed by atoms with Crippen molar-refractivity contribution in [3.05, 3.63) is 74.0 Å². The number of anilines is 1. The van der Waals surface area contributed by atoms with Crippen molar-refractivity contribution in [1.82, 2.24) is 9.78 Å². The van der Waals surface area contributed by atoms with Crippen LogP contribution in [0.3, 0.4) is 0 Å². The van der Waals surface area contributed by atoms with Crippen LogP contribution in [0, 0.1) is 6.92 Å². The fraction of sp³-hybridized carbons (Fsp3) is 0.238. The van der Waals surface area contributed by atoms with Gasteiger partial charge in [0.1, 0.15) is 5.00 Å². The average molecular weight is 408 g/mol. The van der Waals surface area contributed by atoms with Crippen LogP contribution in [0.15, 0.2) is 41.3 Å². The van der Waals surface area contributed by atoms with Gasteiger partial charge in [-0.3, -0.25) is 14.4 Å². The summed E-state index contributed by atoms with van der Waals surface area (Å²) in [6.45, 7) is 1.95. The van der Waals surface area contributed by atoms with Gasteiger partial charge in [-0.25, -0.2) is 4.68 Å². The van der Waals surface area contributed by atoms with Crippen LogP contribution in [0.5, 0.6) is 0 Å². The molecule has 2 heterocycles. The summed E-state index contributed by atoms with van der Waals surface area (Å²) in [6, 6.07) is 8.87. The summed E-state index contributed by atoms with van der Waals surface area (Å²) in [5.41, 5.74) is 7.89. The zero-order valence-electron chi connectivity index (χ0n) is 15.9. The topological polar surface area (TPSA) is 107 Å².